The van der Waals surface area contributed by atoms with E-state index in [2.05, 4.69) is 10.0 Å². The minimum atomic E-state index is -4.40. The Labute approximate surface area is 107 Å². The molecule has 0 unspecified atom stereocenters. The third kappa shape index (κ3) is 4.31. The molecule has 0 aromatic heterocycles. The van der Waals surface area contributed by atoms with Crippen LogP contribution in [0.1, 0.15) is 17.5 Å². The average Bonchev–Trinajstić information content (AvgIpc) is 2.29. The van der Waals surface area contributed by atoms with Gasteiger partial charge in [0.25, 0.3) is 0 Å². The predicted octanol–water partition coefficient (Wildman–Crippen LogP) is 5.07. The molecule has 0 amide bonds. The van der Waals surface area contributed by atoms with Crippen LogP contribution < -0.4 is 0 Å². The second-order valence-electron chi connectivity index (χ2n) is 3.38. The zero-order valence-electron chi connectivity index (χ0n) is 9.15. The number of benzene rings is 1. The Morgan fingerprint density at radius 2 is 2.11 bits per heavy atom. The zero-order valence-corrected chi connectivity index (χ0v) is 9.91. The van der Waals surface area contributed by atoms with E-state index in [1.165, 1.54) is 6.07 Å². The van der Waals surface area contributed by atoms with E-state index >= 15 is 0 Å². The highest BCUT2D eigenvalue weighted by Crippen LogP contribution is 2.32. The highest BCUT2D eigenvalue weighted by atomic mass is 35.5. The van der Waals surface area contributed by atoms with Crippen LogP contribution in [0.2, 0.25) is 5.02 Å². The Kier molecular flexibility index (Phi) is 5.07. The van der Waals surface area contributed by atoms with Crippen LogP contribution in [-0.4, -0.2) is 6.54 Å². The highest BCUT2D eigenvalue weighted by Gasteiger charge is 2.30. The molecule has 1 aromatic carbocycles. The van der Waals surface area contributed by atoms with Gasteiger partial charge >= 0.3 is 6.18 Å². The van der Waals surface area contributed by atoms with Crippen molar-refractivity contribution in [2.75, 3.05) is 6.54 Å². The fourth-order valence-corrected chi connectivity index (χ4v) is 1.47. The molecule has 1 aromatic rings. The number of azide groups is 1. The molecule has 7 heteroatoms. The molecule has 18 heavy (non-hydrogen) atoms. The molecule has 0 spiro atoms. The second kappa shape index (κ2) is 6.33. The van der Waals surface area contributed by atoms with E-state index in [-0.39, 0.29) is 5.02 Å². The van der Waals surface area contributed by atoms with Crippen molar-refractivity contribution in [3.63, 3.8) is 0 Å². The first kappa shape index (κ1) is 14.4. The van der Waals surface area contributed by atoms with Crippen molar-refractivity contribution in [3.05, 3.63) is 50.9 Å². The number of rotatable bonds is 4. The summed E-state index contributed by atoms with van der Waals surface area (Å²) in [5.41, 5.74) is 7.75. The van der Waals surface area contributed by atoms with E-state index in [0.29, 0.717) is 18.5 Å². The summed E-state index contributed by atoms with van der Waals surface area (Å²) in [5, 5.41) is 3.35. The molecule has 0 heterocycles. The topological polar surface area (TPSA) is 48.8 Å². The van der Waals surface area contributed by atoms with Crippen LogP contribution in [0, 0.1) is 0 Å². The van der Waals surface area contributed by atoms with Gasteiger partial charge in [0.2, 0.25) is 0 Å². The minimum absolute atomic E-state index is 0.0323. The molecule has 96 valence electrons. The molecule has 1 rings (SSSR count). The lowest BCUT2D eigenvalue weighted by molar-refractivity contribution is -0.137. The van der Waals surface area contributed by atoms with Gasteiger partial charge in [-0.2, -0.15) is 13.2 Å². The van der Waals surface area contributed by atoms with Crippen LogP contribution in [0.15, 0.2) is 29.4 Å². The maximum atomic E-state index is 12.4. The van der Waals surface area contributed by atoms with Crippen LogP contribution in [-0.2, 0) is 6.18 Å². The molecule has 0 saturated heterocycles. The first-order chi connectivity index (χ1) is 8.45. The molecule has 0 atom stereocenters. The molecule has 0 saturated carbocycles. The third-order valence-electron chi connectivity index (χ3n) is 2.08. The van der Waals surface area contributed by atoms with E-state index in [1.807, 2.05) is 0 Å². The molecular weight excluding hydrogens is 267 g/mol. The summed E-state index contributed by atoms with van der Waals surface area (Å²) < 4.78 is 37.1. The van der Waals surface area contributed by atoms with Gasteiger partial charge < -0.3 is 0 Å². The molecule has 0 aliphatic carbocycles. The van der Waals surface area contributed by atoms with Gasteiger partial charge in [-0.1, -0.05) is 34.9 Å². The summed E-state index contributed by atoms with van der Waals surface area (Å²) in [5.74, 6) is 0. The van der Waals surface area contributed by atoms with Crippen LogP contribution in [0.5, 0.6) is 0 Å². The van der Waals surface area contributed by atoms with Crippen LogP contribution in [0.4, 0.5) is 13.2 Å². The first-order valence-electron chi connectivity index (χ1n) is 4.99. The molecule has 0 N–H and O–H groups in total. The van der Waals surface area contributed by atoms with E-state index in [4.69, 9.17) is 17.1 Å². The molecular formula is C11H9ClF3N3. The Morgan fingerprint density at radius 3 is 2.67 bits per heavy atom. The van der Waals surface area contributed by atoms with Gasteiger partial charge in [0.1, 0.15) is 0 Å². The van der Waals surface area contributed by atoms with Crippen molar-refractivity contribution in [2.45, 2.75) is 12.6 Å². The number of alkyl halides is 3. The molecule has 0 aliphatic heterocycles. The molecule has 0 fully saturated rings. The third-order valence-corrected chi connectivity index (χ3v) is 2.41. The maximum Gasteiger partial charge on any atom is 0.416 e. The fourth-order valence-electron chi connectivity index (χ4n) is 1.23. The minimum Gasteiger partial charge on any atom is -0.166 e. The highest BCUT2D eigenvalue weighted by molar-refractivity contribution is 6.32. The van der Waals surface area contributed by atoms with Crippen molar-refractivity contribution in [1.29, 1.82) is 0 Å². The maximum absolute atomic E-state index is 12.4. The SMILES string of the molecule is [N-]=[N+]=NCCC=Cc1ccc(C(F)(F)F)cc1Cl. The van der Waals surface area contributed by atoms with E-state index in [0.717, 1.165) is 12.1 Å². The number of halogens is 4. The fraction of sp³-hybridized carbons (Fsp3) is 0.273. The average molecular weight is 276 g/mol. The number of hydrogen-bond acceptors (Lipinski definition) is 1. The lowest BCUT2D eigenvalue weighted by Gasteiger charge is -2.07. The largest absolute Gasteiger partial charge is 0.416 e. The second-order valence-corrected chi connectivity index (χ2v) is 3.79. The zero-order chi connectivity index (χ0) is 13.6. The van der Waals surface area contributed by atoms with Gasteiger partial charge in [-0.3, -0.25) is 0 Å². The summed E-state index contributed by atoms with van der Waals surface area (Å²) in [4.78, 5) is 2.58. The Morgan fingerprint density at radius 1 is 1.39 bits per heavy atom. The summed E-state index contributed by atoms with van der Waals surface area (Å²) in [6.45, 7) is 0.297. The lowest BCUT2D eigenvalue weighted by Crippen LogP contribution is -2.04. The Bertz CT molecular complexity index is 491. The first-order valence-corrected chi connectivity index (χ1v) is 5.37. The van der Waals surface area contributed by atoms with Crippen molar-refractivity contribution in [2.24, 2.45) is 5.11 Å². The van der Waals surface area contributed by atoms with Gasteiger partial charge in [0.15, 0.2) is 0 Å². The normalized spacial score (nSPS) is 11.6. The van der Waals surface area contributed by atoms with Gasteiger partial charge in [0.05, 0.1) is 5.56 Å². The van der Waals surface area contributed by atoms with Crippen LogP contribution in [0.3, 0.4) is 0 Å². The lowest BCUT2D eigenvalue weighted by atomic mass is 10.1. The van der Waals surface area contributed by atoms with Gasteiger partial charge in [0, 0.05) is 16.5 Å². The van der Waals surface area contributed by atoms with Gasteiger partial charge in [-0.15, -0.1) is 0 Å². The van der Waals surface area contributed by atoms with E-state index < -0.39 is 11.7 Å². The molecule has 0 radical (unpaired) electrons. The van der Waals surface area contributed by atoms with Gasteiger partial charge in [-0.25, -0.2) is 0 Å². The number of hydrogen-bond donors (Lipinski definition) is 0. The summed E-state index contributed by atoms with van der Waals surface area (Å²) in [6, 6.07) is 3.16. The standard InChI is InChI=1S/C11H9ClF3N3/c12-10-7-9(11(13,14)15)5-4-8(10)3-1-2-6-17-18-16/h1,3-5,7H,2,6H2. The quantitative estimate of drug-likeness (QED) is 0.319. The summed E-state index contributed by atoms with van der Waals surface area (Å²) >= 11 is 5.74. The van der Waals surface area contributed by atoms with Crippen LogP contribution in [0.25, 0.3) is 16.5 Å². The molecule has 0 aliphatic rings. The summed E-state index contributed by atoms with van der Waals surface area (Å²) in [6.07, 6.45) is -0.618. The van der Waals surface area contributed by atoms with E-state index in [9.17, 15) is 13.2 Å². The molecule has 0 bridgehead atoms. The molecule has 3 nitrogen and oxygen atoms in total. The Hall–Kier alpha value is -1.65. The number of nitrogens with zero attached hydrogens (tertiary/aromatic N) is 3. The van der Waals surface area contributed by atoms with Crippen molar-refractivity contribution in [3.8, 4) is 0 Å². The van der Waals surface area contributed by atoms with Crippen LogP contribution >= 0.6 is 11.6 Å². The van der Waals surface area contributed by atoms with Crippen molar-refractivity contribution < 1.29 is 13.2 Å². The Balaban J connectivity index is 2.77. The van der Waals surface area contributed by atoms with Gasteiger partial charge in [-0.05, 0) is 29.6 Å². The van der Waals surface area contributed by atoms with E-state index in [1.54, 1.807) is 12.2 Å². The van der Waals surface area contributed by atoms with Crippen molar-refractivity contribution in [1.82, 2.24) is 0 Å². The smallest absolute Gasteiger partial charge is 0.166 e. The summed E-state index contributed by atoms with van der Waals surface area (Å²) in [7, 11) is 0. The monoisotopic (exact) mass is 275 g/mol. The predicted molar refractivity (Wildman–Crippen MR) is 64.1 cm³/mol. The van der Waals surface area contributed by atoms with Crippen molar-refractivity contribution >= 4 is 17.7 Å².